The molecule has 0 aliphatic carbocycles. The smallest absolute Gasteiger partial charge is 0.354 e. The molecule has 2 aliphatic heterocycles. The first-order valence-corrected chi connectivity index (χ1v) is 9.77. The first kappa shape index (κ1) is 20.2. The zero-order valence-corrected chi connectivity index (χ0v) is 16.1. The van der Waals surface area contributed by atoms with Gasteiger partial charge in [-0.05, 0) is 55.2 Å². The fraction of sp³-hybridized carbons (Fsp3) is 0.381. The molecular formula is C21H21F3N4O2. The standard InChI is InChI=1S/C21H21F3N4O2/c22-21(23,24)14-3-5-15(6-4-14)28-12-13(10-17-18(28)2-1-9-25-17)11-26-20(30)16-7-8-19(29)27-16/h1-6,9,13,16H,7-8,10-12H2,(H,26,30)(H,27,29)/t13?,16-/m1/s1. The molecule has 2 N–H and O–H groups in total. The van der Waals surface area contributed by atoms with Gasteiger partial charge in [-0.2, -0.15) is 13.2 Å². The van der Waals surface area contributed by atoms with E-state index in [9.17, 15) is 22.8 Å². The van der Waals surface area contributed by atoms with Crippen molar-refractivity contribution in [1.82, 2.24) is 15.6 Å². The number of hydrogen-bond donors (Lipinski definition) is 2. The van der Waals surface area contributed by atoms with Gasteiger partial charge in [0.15, 0.2) is 0 Å². The van der Waals surface area contributed by atoms with Gasteiger partial charge in [0.05, 0.1) is 16.9 Å². The van der Waals surface area contributed by atoms with Crippen LogP contribution in [0.2, 0.25) is 0 Å². The highest BCUT2D eigenvalue weighted by atomic mass is 19.4. The number of anilines is 2. The Morgan fingerprint density at radius 2 is 2.00 bits per heavy atom. The number of amides is 2. The van der Waals surface area contributed by atoms with Gasteiger partial charge in [-0.1, -0.05) is 0 Å². The highest BCUT2D eigenvalue weighted by Crippen LogP contribution is 2.36. The lowest BCUT2D eigenvalue weighted by Crippen LogP contribution is -2.45. The molecule has 9 heteroatoms. The largest absolute Gasteiger partial charge is 0.416 e. The molecular weight excluding hydrogens is 397 g/mol. The highest BCUT2D eigenvalue weighted by molar-refractivity contribution is 5.90. The number of nitrogens with zero attached hydrogens (tertiary/aromatic N) is 2. The van der Waals surface area contributed by atoms with Crippen molar-refractivity contribution >= 4 is 23.2 Å². The SMILES string of the molecule is O=C1CC[C@H](C(=O)NCC2Cc3ncccc3N(c3ccc(C(F)(F)F)cc3)C2)N1. The first-order valence-electron chi connectivity index (χ1n) is 9.77. The molecule has 30 heavy (non-hydrogen) atoms. The van der Waals surface area contributed by atoms with Gasteiger partial charge in [0, 0.05) is 31.4 Å². The third-order valence-corrected chi connectivity index (χ3v) is 5.46. The third kappa shape index (κ3) is 4.24. The lowest BCUT2D eigenvalue weighted by molar-refractivity contribution is -0.137. The van der Waals surface area contributed by atoms with Gasteiger partial charge in [0.2, 0.25) is 11.8 Å². The summed E-state index contributed by atoms with van der Waals surface area (Å²) >= 11 is 0. The van der Waals surface area contributed by atoms with Gasteiger partial charge in [-0.25, -0.2) is 0 Å². The van der Waals surface area contributed by atoms with E-state index in [-0.39, 0.29) is 17.7 Å². The lowest BCUT2D eigenvalue weighted by atomic mass is 9.95. The molecule has 1 unspecified atom stereocenters. The summed E-state index contributed by atoms with van der Waals surface area (Å²) in [5.41, 5.74) is 1.62. The van der Waals surface area contributed by atoms with Crippen molar-refractivity contribution in [2.24, 2.45) is 5.92 Å². The van der Waals surface area contributed by atoms with Gasteiger partial charge in [0.1, 0.15) is 6.04 Å². The molecule has 2 aromatic rings. The Labute approximate surface area is 171 Å². The number of carbonyl (C=O) groups is 2. The van der Waals surface area contributed by atoms with Gasteiger partial charge in [-0.15, -0.1) is 0 Å². The topological polar surface area (TPSA) is 74.3 Å². The monoisotopic (exact) mass is 418 g/mol. The molecule has 0 saturated carbocycles. The van der Waals surface area contributed by atoms with Crippen molar-refractivity contribution in [2.75, 3.05) is 18.0 Å². The van der Waals surface area contributed by atoms with Crippen molar-refractivity contribution in [2.45, 2.75) is 31.5 Å². The number of halogens is 3. The molecule has 1 aromatic heterocycles. The zero-order valence-electron chi connectivity index (χ0n) is 16.1. The van der Waals surface area contributed by atoms with Crippen LogP contribution in [-0.4, -0.2) is 35.9 Å². The van der Waals surface area contributed by atoms with Crippen LogP contribution in [0.3, 0.4) is 0 Å². The lowest BCUT2D eigenvalue weighted by Gasteiger charge is -2.35. The van der Waals surface area contributed by atoms with Crippen LogP contribution in [0.25, 0.3) is 0 Å². The second-order valence-electron chi connectivity index (χ2n) is 7.60. The zero-order chi connectivity index (χ0) is 21.3. The van der Waals surface area contributed by atoms with Gasteiger partial charge >= 0.3 is 6.18 Å². The number of pyridine rings is 1. The summed E-state index contributed by atoms with van der Waals surface area (Å²) in [4.78, 5) is 30.0. The molecule has 6 nitrogen and oxygen atoms in total. The van der Waals surface area contributed by atoms with Gasteiger partial charge < -0.3 is 15.5 Å². The quantitative estimate of drug-likeness (QED) is 0.801. The van der Waals surface area contributed by atoms with Crippen LogP contribution in [0.1, 0.15) is 24.1 Å². The molecule has 2 amide bonds. The number of nitrogens with one attached hydrogen (secondary N) is 2. The number of aromatic nitrogens is 1. The minimum Gasteiger partial charge on any atom is -0.354 e. The average Bonchev–Trinajstić information content (AvgIpc) is 3.17. The van der Waals surface area contributed by atoms with Gasteiger partial charge in [0.25, 0.3) is 0 Å². The Bertz CT molecular complexity index is 946. The predicted molar refractivity (Wildman–Crippen MR) is 104 cm³/mol. The van der Waals surface area contributed by atoms with Crippen LogP contribution < -0.4 is 15.5 Å². The number of rotatable bonds is 4. The molecule has 1 saturated heterocycles. The number of carbonyl (C=O) groups excluding carboxylic acids is 2. The Balaban J connectivity index is 1.49. The molecule has 2 atom stereocenters. The highest BCUT2D eigenvalue weighted by Gasteiger charge is 2.32. The molecule has 4 rings (SSSR count). The van der Waals surface area contributed by atoms with Crippen LogP contribution >= 0.6 is 0 Å². The van der Waals surface area contributed by atoms with E-state index in [1.807, 2.05) is 11.0 Å². The van der Waals surface area contributed by atoms with Crippen molar-refractivity contribution in [1.29, 1.82) is 0 Å². The molecule has 0 bridgehead atoms. The van der Waals surface area contributed by atoms with Crippen molar-refractivity contribution < 1.29 is 22.8 Å². The van der Waals surface area contributed by atoms with E-state index < -0.39 is 17.8 Å². The third-order valence-electron chi connectivity index (χ3n) is 5.46. The summed E-state index contributed by atoms with van der Waals surface area (Å²) < 4.78 is 38.7. The minimum atomic E-state index is -4.39. The fourth-order valence-electron chi connectivity index (χ4n) is 3.92. The maximum atomic E-state index is 12.9. The molecule has 1 aromatic carbocycles. The van der Waals surface area contributed by atoms with E-state index in [4.69, 9.17) is 0 Å². The number of fused-ring (bicyclic) bond motifs is 1. The summed E-state index contributed by atoms with van der Waals surface area (Å²) in [5, 5.41) is 5.53. The molecule has 0 radical (unpaired) electrons. The first-order chi connectivity index (χ1) is 14.3. The van der Waals surface area contributed by atoms with Crippen molar-refractivity contribution in [3.63, 3.8) is 0 Å². The number of hydrogen-bond acceptors (Lipinski definition) is 4. The van der Waals surface area contributed by atoms with E-state index in [1.165, 1.54) is 12.1 Å². The van der Waals surface area contributed by atoms with E-state index in [0.717, 1.165) is 23.5 Å². The van der Waals surface area contributed by atoms with E-state index in [2.05, 4.69) is 15.6 Å². The van der Waals surface area contributed by atoms with Crippen molar-refractivity contribution in [3.8, 4) is 0 Å². The summed E-state index contributed by atoms with van der Waals surface area (Å²) in [5.74, 6) is -0.316. The minimum absolute atomic E-state index is 0.0238. The van der Waals surface area contributed by atoms with E-state index in [1.54, 1.807) is 12.3 Å². The summed E-state index contributed by atoms with van der Waals surface area (Å²) in [6.45, 7) is 0.916. The Kier molecular flexibility index (Phi) is 5.36. The predicted octanol–water partition coefficient (Wildman–Crippen LogP) is 2.81. The molecule has 1 fully saturated rings. The fourth-order valence-corrected chi connectivity index (χ4v) is 3.92. The molecule has 3 heterocycles. The second kappa shape index (κ2) is 7.97. The van der Waals surface area contributed by atoms with Gasteiger partial charge in [-0.3, -0.25) is 14.6 Å². The average molecular weight is 418 g/mol. The van der Waals surface area contributed by atoms with Crippen LogP contribution in [0.5, 0.6) is 0 Å². The Hall–Kier alpha value is -3.10. The Morgan fingerprint density at radius 1 is 1.23 bits per heavy atom. The second-order valence-corrected chi connectivity index (χ2v) is 7.60. The van der Waals surface area contributed by atoms with Crippen LogP contribution in [-0.2, 0) is 22.2 Å². The number of benzene rings is 1. The van der Waals surface area contributed by atoms with E-state index >= 15 is 0 Å². The summed E-state index contributed by atoms with van der Waals surface area (Å²) in [6, 6.07) is 8.23. The number of alkyl halides is 3. The Morgan fingerprint density at radius 3 is 2.67 bits per heavy atom. The van der Waals surface area contributed by atoms with Crippen LogP contribution in [0, 0.1) is 5.92 Å². The molecule has 0 spiro atoms. The molecule has 158 valence electrons. The maximum absolute atomic E-state index is 12.9. The maximum Gasteiger partial charge on any atom is 0.416 e. The summed E-state index contributed by atoms with van der Waals surface area (Å²) in [7, 11) is 0. The normalized spacial score (nSPS) is 21.2. The van der Waals surface area contributed by atoms with E-state index in [0.29, 0.717) is 38.0 Å². The van der Waals surface area contributed by atoms with Crippen LogP contribution in [0.15, 0.2) is 42.6 Å². The van der Waals surface area contributed by atoms with Crippen LogP contribution in [0.4, 0.5) is 24.5 Å². The van der Waals surface area contributed by atoms with Crippen molar-refractivity contribution in [3.05, 3.63) is 53.9 Å². The summed E-state index contributed by atoms with van der Waals surface area (Å²) in [6.07, 6.45) is -1.23. The molecule has 2 aliphatic rings.